The second-order valence-electron chi connectivity index (χ2n) is 5.42. The number of para-hydroxylation sites is 1. The predicted molar refractivity (Wildman–Crippen MR) is 93.0 cm³/mol. The molecule has 25 heavy (non-hydrogen) atoms. The molecule has 0 fully saturated rings. The molecule has 1 aliphatic heterocycles. The third-order valence-corrected chi connectivity index (χ3v) is 3.79. The van der Waals surface area contributed by atoms with Gasteiger partial charge in [0.15, 0.2) is 22.8 Å². The van der Waals surface area contributed by atoms with Gasteiger partial charge in [-0.25, -0.2) is 0 Å². The maximum absolute atomic E-state index is 12.1. The summed E-state index contributed by atoms with van der Waals surface area (Å²) in [5.41, 5.74) is 1.28. The lowest BCUT2D eigenvalue weighted by molar-refractivity contribution is -0.111. The number of methoxy groups -OCH3 is 1. The second-order valence-corrected chi connectivity index (χ2v) is 5.42. The Kier molecular flexibility index (Phi) is 3.78. The summed E-state index contributed by atoms with van der Waals surface area (Å²) >= 11 is 0. The highest BCUT2D eigenvalue weighted by Crippen LogP contribution is 2.34. The molecule has 2 heterocycles. The van der Waals surface area contributed by atoms with Crippen molar-refractivity contribution in [3.63, 3.8) is 0 Å². The summed E-state index contributed by atoms with van der Waals surface area (Å²) in [6.45, 7) is 0.197. The molecule has 0 bridgehead atoms. The first-order chi connectivity index (χ1) is 12.2. The van der Waals surface area contributed by atoms with Gasteiger partial charge in [0, 0.05) is 23.2 Å². The van der Waals surface area contributed by atoms with Crippen LogP contribution in [0.1, 0.15) is 5.76 Å². The lowest BCUT2D eigenvalue weighted by Crippen LogP contribution is -2.07. The molecule has 0 aliphatic carbocycles. The molecule has 6 nitrogen and oxygen atoms in total. The van der Waals surface area contributed by atoms with E-state index in [1.54, 1.807) is 31.4 Å². The Morgan fingerprint density at radius 2 is 2.04 bits per heavy atom. The van der Waals surface area contributed by atoms with Crippen molar-refractivity contribution in [1.29, 1.82) is 0 Å². The van der Waals surface area contributed by atoms with Gasteiger partial charge in [0.2, 0.25) is 12.7 Å². The SMILES string of the molecule is COc1cccc2cc(C=CC(=O)Nc3ccc4c(c3)OCO4)oc12. The van der Waals surface area contributed by atoms with Crippen LogP contribution >= 0.6 is 0 Å². The van der Waals surface area contributed by atoms with E-state index in [1.165, 1.54) is 6.08 Å². The van der Waals surface area contributed by atoms with Crippen molar-refractivity contribution < 1.29 is 23.4 Å². The number of anilines is 1. The van der Waals surface area contributed by atoms with Gasteiger partial charge in [0.05, 0.1) is 7.11 Å². The smallest absolute Gasteiger partial charge is 0.248 e. The van der Waals surface area contributed by atoms with Gasteiger partial charge < -0.3 is 23.9 Å². The summed E-state index contributed by atoms with van der Waals surface area (Å²) in [5, 5.41) is 3.68. The van der Waals surface area contributed by atoms with E-state index in [2.05, 4.69) is 5.32 Å². The normalized spacial score (nSPS) is 12.7. The van der Waals surface area contributed by atoms with Crippen LogP contribution in [0.15, 0.2) is 53.0 Å². The Bertz CT molecular complexity index is 973. The fourth-order valence-electron chi connectivity index (χ4n) is 2.62. The van der Waals surface area contributed by atoms with Crippen LogP contribution in [0, 0.1) is 0 Å². The van der Waals surface area contributed by atoms with Crippen LogP contribution in [0.5, 0.6) is 17.2 Å². The zero-order valence-corrected chi connectivity index (χ0v) is 13.4. The Balaban J connectivity index is 1.49. The van der Waals surface area contributed by atoms with Gasteiger partial charge in [-0.15, -0.1) is 0 Å². The molecule has 0 atom stereocenters. The maximum Gasteiger partial charge on any atom is 0.248 e. The Hall–Kier alpha value is -3.41. The molecule has 1 N–H and O–H groups in total. The van der Waals surface area contributed by atoms with Crippen molar-refractivity contribution in [2.24, 2.45) is 0 Å². The number of rotatable bonds is 4. The van der Waals surface area contributed by atoms with Crippen LogP contribution in [0.4, 0.5) is 5.69 Å². The second kappa shape index (κ2) is 6.24. The molecule has 4 rings (SSSR count). The Morgan fingerprint density at radius 1 is 1.16 bits per heavy atom. The maximum atomic E-state index is 12.1. The zero-order chi connectivity index (χ0) is 17.2. The van der Waals surface area contributed by atoms with E-state index in [1.807, 2.05) is 24.3 Å². The number of carbonyl (C=O) groups is 1. The highest BCUT2D eigenvalue weighted by molar-refractivity contribution is 6.02. The molecular weight excluding hydrogens is 322 g/mol. The molecule has 3 aromatic rings. The molecule has 1 aromatic heterocycles. The molecule has 126 valence electrons. The molecule has 0 saturated carbocycles. The lowest BCUT2D eigenvalue weighted by Gasteiger charge is -2.03. The van der Waals surface area contributed by atoms with Crippen molar-refractivity contribution >= 4 is 28.6 Å². The van der Waals surface area contributed by atoms with Gasteiger partial charge in [-0.3, -0.25) is 4.79 Å². The van der Waals surface area contributed by atoms with Gasteiger partial charge in [-0.05, 0) is 30.3 Å². The van der Waals surface area contributed by atoms with Gasteiger partial charge in [0.1, 0.15) is 5.76 Å². The molecule has 0 saturated heterocycles. The quantitative estimate of drug-likeness (QED) is 0.733. The fourth-order valence-corrected chi connectivity index (χ4v) is 2.62. The third kappa shape index (κ3) is 3.01. The summed E-state index contributed by atoms with van der Waals surface area (Å²) in [7, 11) is 1.59. The molecule has 1 amide bonds. The van der Waals surface area contributed by atoms with Gasteiger partial charge >= 0.3 is 0 Å². The number of ether oxygens (including phenoxy) is 3. The number of nitrogens with one attached hydrogen (secondary N) is 1. The van der Waals surface area contributed by atoms with Gasteiger partial charge in [-0.2, -0.15) is 0 Å². The number of benzene rings is 2. The molecule has 6 heteroatoms. The average Bonchev–Trinajstić information content (AvgIpc) is 3.25. The number of furan rings is 1. The number of hydrogen-bond donors (Lipinski definition) is 1. The Morgan fingerprint density at radius 3 is 2.92 bits per heavy atom. The van der Waals surface area contributed by atoms with Crippen LogP contribution in [0.2, 0.25) is 0 Å². The van der Waals surface area contributed by atoms with E-state index in [0.29, 0.717) is 34.3 Å². The number of fused-ring (bicyclic) bond motifs is 2. The van der Waals surface area contributed by atoms with Crippen molar-refractivity contribution in [3.8, 4) is 17.2 Å². The number of hydrogen-bond acceptors (Lipinski definition) is 5. The first kappa shape index (κ1) is 15.1. The van der Waals surface area contributed by atoms with Gasteiger partial charge in [0.25, 0.3) is 0 Å². The topological polar surface area (TPSA) is 69.9 Å². The van der Waals surface area contributed by atoms with E-state index in [9.17, 15) is 4.79 Å². The first-order valence-corrected chi connectivity index (χ1v) is 7.68. The van der Waals surface area contributed by atoms with Crippen molar-refractivity contribution in [2.45, 2.75) is 0 Å². The summed E-state index contributed by atoms with van der Waals surface area (Å²) < 4.78 is 21.5. The van der Waals surface area contributed by atoms with E-state index in [-0.39, 0.29) is 12.7 Å². The average molecular weight is 337 g/mol. The van der Waals surface area contributed by atoms with E-state index < -0.39 is 0 Å². The molecule has 1 aliphatic rings. The molecular formula is C19H15NO5. The number of amides is 1. The molecule has 0 spiro atoms. The van der Waals surface area contributed by atoms with Crippen LogP contribution in [0.3, 0.4) is 0 Å². The first-order valence-electron chi connectivity index (χ1n) is 7.68. The van der Waals surface area contributed by atoms with E-state index >= 15 is 0 Å². The fraction of sp³-hybridized carbons (Fsp3) is 0.105. The van der Waals surface area contributed by atoms with Crippen LogP contribution in [-0.2, 0) is 4.79 Å². The summed E-state index contributed by atoms with van der Waals surface area (Å²) in [6, 6.07) is 12.7. The van der Waals surface area contributed by atoms with Crippen molar-refractivity contribution in [1.82, 2.24) is 0 Å². The van der Waals surface area contributed by atoms with Crippen LogP contribution in [-0.4, -0.2) is 19.8 Å². The van der Waals surface area contributed by atoms with E-state index in [4.69, 9.17) is 18.6 Å². The number of carbonyl (C=O) groups excluding carboxylic acids is 1. The van der Waals surface area contributed by atoms with Crippen LogP contribution in [0.25, 0.3) is 17.0 Å². The highest BCUT2D eigenvalue weighted by atomic mass is 16.7. The summed E-state index contributed by atoms with van der Waals surface area (Å²) in [4.78, 5) is 12.1. The van der Waals surface area contributed by atoms with Crippen molar-refractivity contribution in [3.05, 3.63) is 54.3 Å². The minimum Gasteiger partial charge on any atom is -0.493 e. The van der Waals surface area contributed by atoms with Crippen molar-refractivity contribution in [2.75, 3.05) is 19.2 Å². The molecule has 0 radical (unpaired) electrons. The highest BCUT2D eigenvalue weighted by Gasteiger charge is 2.13. The lowest BCUT2D eigenvalue weighted by atomic mass is 10.2. The Labute approximate surface area is 143 Å². The molecule has 2 aromatic carbocycles. The third-order valence-electron chi connectivity index (χ3n) is 3.79. The summed E-state index contributed by atoms with van der Waals surface area (Å²) in [6.07, 6.45) is 3.02. The van der Waals surface area contributed by atoms with Gasteiger partial charge in [-0.1, -0.05) is 12.1 Å². The predicted octanol–water partition coefficient (Wildman–Crippen LogP) is 3.82. The van der Waals surface area contributed by atoms with Crippen LogP contribution < -0.4 is 19.5 Å². The van der Waals surface area contributed by atoms with E-state index in [0.717, 1.165) is 5.39 Å². The standard InChI is InChI=1S/C19H15NO5/c1-22-16-4-2-3-12-9-14(25-19(12)16)6-8-18(21)20-13-5-7-15-17(10-13)24-11-23-15/h2-10H,11H2,1H3,(H,20,21). The molecule has 0 unspecified atom stereocenters. The zero-order valence-electron chi connectivity index (χ0n) is 13.4. The monoisotopic (exact) mass is 337 g/mol. The minimum atomic E-state index is -0.272. The largest absolute Gasteiger partial charge is 0.493 e. The minimum absolute atomic E-state index is 0.197. The summed E-state index contributed by atoms with van der Waals surface area (Å²) in [5.74, 6) is 2.24.